The normalized spacial score (nSPS) is 10.4. The maximum atomic E-state index is 10.9. The van der Waals surface area contributed by atoms with Crippen LogP contribution in [0.3, 0.4) is 0 Å². The third-order valence-corrected chi connectivity index (χ3v) is 2.70. The van der Waals surface area contributed by atoms with Crippen LogP contribution in [0.1, 0.15) is 27.2 Å². The average Bonchev–Trinajstić information content (AvgIpc) is 2.64. The summed E-state index contributed by atoms with van der Waals surface area (Å²) in [6.45, 7) is 6.14. The lowest BCUT2D eigenvalue weighted by Gasteiger charge is -2.09. The quantitative estimate of drug-likeness (QED) is 0.781. The largest absolute Gasteiger partial charge is 0.342 e. The summed E-state index contributed by atoms with van der Waals surface area (Å²) in [6, 6.07) is 4.21. The highest BCUT2D eigenvalue weighted by Crippen LogP contribution is 2.28. The van der Waals surface area contributed by atoms with Crippen LogP contribution in [0.15, 0.2) is 18.5 Å². The molecule has 0 bridgehead atoms. The lowest BCUT2D eigenvalue weighted by Crippen LogP contribution is -1.93. The summed E-state index contributed by atoms with van der Waals surface area (Å²) < 4.78 is 0. The van der Waals surface area contributed by atoms with Gasteiger partial charge in [0.25, 0.3) is 0 Å². The zero-order valence-electron chi connectivity index (χ0n) is 9.66. The molecule has 1 aromatic heterocycles. The Morgan fingerprint density at radius 2 is 1.81 bits per heavy atom. The highest BCUT2D eigenvalue weighted by atomic mass is 16.1. The fraction of sp³-hybridized carbons (Fsp3) is 0.231. The van der Waals surface area contributed by atoms with E-state index < -0.39 is 0 Å². The number of aryl methyl sites for hydroxylation is 3. The van der Waals surface area contributed by atoms with Gasteiger partial charge in [-0.2, -0.15) is 0 Å². The number of hydrogen-bond donors (Lipinski definition) is 1. The lowest BCUT2D eigenvalue weighted by molar-refractivity contribution is 0.112. The topological polar surface area (TPSA) is 45.8 Å². The molecule has 2 rings (SSSR count). The van der Waals surface area contributed by atoms with Crippen LogP contribution < -0.4 is 0 Å². The number of aromatic amines is 1. The van der Waals surface area contributed by atoms with Crippen molar-refractivity contribution in [2.45, 2.75) is 20.8 Å². The van der Waals surface area contributed by atoms with Crippen molar-refractivity contribution >= 4 is 6.29 Å². The number of nitrogens with one attached hydrogen (secondary N) is 1. The van der Waals surface area contributed by atoms with Crippen molar-refractivity contribution in [3.63, 3.8) is 0 Å². The van der Waals surface area contributed by atoms with Gasteiger partial charge in [0.15, 0.2) is 6.29 Å². The number of imidazole rings is 1. The molecule has 1 aromatic carbocycles. The predicted molar refractivity (Wildman–Crippen MR) is 63.6 cm³/mol. The van der Waals surface area contributed by atoms with Crippen LogP contribution >= 0.6 is 0 Å². The highest BCUT2D eigenvalue weighted by molar-refractivity contribution is 5.85. The fourth-order valence-electron chi connectivity index (χ4n) is 2.15. The molecule has 0 aliphatic heterocycles. The number of aldehydes is 1. The van der Waals surface area contributed by atoms with Crippen LogP contribution in [-0.2, 0) is 0 Å². The molecule has 0 atom stereocenters. The van der Waals surface area contributed by atoms with Gasteiger partial charge in [-0.1, -0.05) is 17.7 Å². The number of rotatable bonds is 2. The lowest BCUT2D eigenvalue weighted by atomic mass is 9.96. The Morgan fingerprint density at radius 3 is 2.38 bits per heavy atom. The Kier molecular flexibility index (Phi) is 2.60. The third-order valence-electron chi connectivity index (χ3n) is 2.70. The molecular weight excluding hydrogens is 200 g/mol. The van der Waals surface area contributed by atoms with Crippen LogP contribution in [-0.4, -0.2) is 16.3 Å². The van der Waals surface area contributed by atoms with E-state index in [0.717, 1.165) is 28.7 Å². The molecular formula is C13H14N2O. The molecule has 3 nitrogen and oxygen atoms in total. The van der Waals surface area contributed by atoms with Gasteiger partial charge in [-0.3, -0.25) is 4.79 Å². The first kappa shape index (κ1) is 10.6. The number of nitrogens with zero attached hydrogens (tertiary/aromatic N) is 1. The van der Waals surface area contributed by atoms with Crippen LogP contribution in [0.4, 0.5) is 0 Å². The van der Waals surface area contributed by atoms with Crippen molar-refractivity contribution in [2.75, 3.05) is 0 Å². The van der Waals surface area contributed by atoms with Gasteiger partial charge < -0.3 is 4.98 Å². The second-order valence-electron chi connectivity index (χ2n) is 4.06. The first-order valence-electron chi connectivity index (χ1n) is 5.20. The number of H-pyrrole nitrogens is 1. The van der Waals surface area contributed by atoms with Crippen molar-refractivity contribution in [3.8, 4) is 11.3 Å². The Labute approximate surface area is 94.5 Å². The first-order valence-corrected chi connectivity index (χ1v) is 5.20. The molecule has 0 unspecified atom stereocenters. The monoisotopic (exact) mass is 214 g/mol. The number of aromatic nitrogens is 2. The van der Waals surface area contributed by atoms with Gasteiger partial charge in [-0.05, 0) is 31.9 Å². The van der Waals surface area contributed by atoms with Gasteiger partial charge in [0, 0.05) is 5.56 Å². The van der Waals surface area contributed by atoms with Crippen LogP contribution in [0, 0.1) is 20.8 Å². The molecule has 0 radical (unpaired) electrons. The number of carbonyl (C=O) groups excluding carboxylic acids is 1. The third kappa shape index (κ3) is 1.65. The predicted octanol–water partition coefficient (Wildman–Crippen LogP) is 2.81. The van der Waals surface area contributed by atoms with E-state index in [-0.39, 0.29) is 0 Å². The van der Waals surface area contributed by atoms with Gasteiger partial charge in [0.05, 0.1) is 12.0 Å². The second-order valence-corrected chi connectivity index (χ2v) is 4.06. The molecule has 82 valence electrons. The van der Waals surface area contributed by atoms with Crippen LogP contribution in [0.2, 0.25) is 0 Å². The van der Waals surface area contributed by atoms with Crippen molar-refractivity contribution in [2.24, 2.45) is 0 Å². The molecule has 0 aliphatic carbocycles. The molecule has 1 N–H and O–H groups in total. The van der Waals surface area contributed by atoms with Crippen molar-refractivity contribution < 1.29 is 4.79 Å². The van der Waals surface area contributed by atoms with Gasteiger partial charge in [0.1, 0.15) is 5.69 Å². The van der Waals surface area contributed by atoms with Gasteiger partial charge >= 0.3 is 0 Å². The van der Waals surface area contributed by atoms with E-state index >= 15 is 0 Å². The summed E-state index contributed by atoms with van der Waals surface area (Å²) in [7, 11) is 0. The zero-order valence-corrected chi connectivity index (χ0v) is 9.66. The van der Waals surface area contributed by atoms with E-state index in [4.69, 9.17) is 0 Å². The highest BCUT2D eigenvalue weighted by Gasteiger charge is 2.12. The Morgan fingerprint density at radius 1 is 1.19 bits per heavy atom. The molecule has 0 fully saturated rings. The molecule has 0 spiro atoms. The smallest absolute Gasteiger partial charge is 0.168 e. The van der Waals surface area contributed by atoms with E-state index in [0.29, 0.717) is 5.69 Å². The summed E-state index contributed by atoms with van der Waals surface area (Å²) in [4.78, 5) is 17.9. The van der Waals surface area contributed by atoms with E-state index in [1.165, 1.54) is 5.56 Å². The molecule has 2 aromatic rings. The summed E-state index contributed by atoms with van der Waals surface area (Å²) >= 11 is 0. The van der Waals surface area contributed by atoms with Gasteiger partial charge in [-0.25, -0.2) is 4.98 Å². The molecule has 0 saturated heterocycles. The second kappa shape index (κ2) is 3.93. The van der Waals surface area contributed by atoms with Crippen molar-refractivity contribution in [3.05, 3.63) is 40.8 Å². The SMILES string of the molecule is Cc1cc(C)c(-c2nc[nH]c2C=O)c(C)c1. The van der Waals surface area contributed by atoms with E-state index in [2.05, 4.69) is 29.0 Å². The molecule has 0 saturated carbocycles. The van der Waals surface area contributed by atoms with Crippen molar-refractivity contribution in [1.82, 2.24) is 9.97 Å². The fourth-order valence-corrected chi connectivity index (χ4v) is 2.15. The standard InChI is InChI=1S/C13H14N2O/c1-8-4-9(2)12(10(3)5-8)13-11(6-16)14-7-15-13/h4-7H,1-3H3,(H,14,15). The minimum atomic E-state index is 0.537. The minimum Gasteiger partial charge on any atom is -0.342 e. The van der Waals surface area contributed by atoms with Crippen molar-refractivity contribution in [1.29, 1.82) is 0 Å². The molecule has 16 heavy (non-hydrogen) atoms. The van der Waals surface area contributed by atoms with E-state index in [1.54, 1.807) is 6.33 Å². The van der Waals surface area contributed by atoms with Crippen LogP contribution in [0.25, 0.3) is 11.3 Å². The summed E-state index contributed by atoms with van der Waals surface area (Å²) in [5.74, 6) is 0. The van der Waals surface area contributed by atoms with Gasteiger partial charge in [-0.15, -0.1) is 0 Å². The Balaban J connectivity index is 2.69. The van der Waals surface area contributed by atoms with Gasteiger partial charge in [0.2, 0.25) is 0 Å². The maximum Gasteiger partial charge on any atom is 0.168 e. The van der Waals surface area contributed by atoms with E-state index in [1.807, 2.05) is 13.8 Å². The summed E-state index contributed by atoms with van der Waals surface area (Å²) in [6.07, 6.45) is 2.36. The maximum absolute atomic E-state index is 10.9. The molecule has 0 aliphatic rings. The Hall–Kier alpha value is -1.90. The number of hydrogen-bond acceptors (Lipinski definition) is 2. The first-order chi connectivity index (χ1) is 7.63. The van der Waals surface area contributed by atoms with E-state index in [9.17, 15) is 4.79 Å². The Bertz CT molecular complexity index is 518. The molecule has 3 heteroatoms. The molecule has 0 amide bonds. The summed E-state index contributed by atoms with van der Waals surface area (Å²) in [5.41, 5.74) is 5.84. The van der Waals surface area contributed by atoms with Crippen LogP contribution in [0.5, 0.6) is 0 Å². The molecule has 1 heterocycles. The zero-order chi connectivity index (χ0) is 11.7. The average molecular weight is 214 g/mol. The summed E-state index contributed by atoms with van der Waals surface area (Å²) in [5, 5.41) is 0. The number of benzene rings is 1. The minimum absolute atomic E-state index is 0.537. The number of carbonyl (C=O) groups is 1.